The molecule has 3 rings (SSSR count). The van der Waals surface area contributed by atoms with E-state index in [0.717, 1.165) is 5.56 Å². The number of amides is 2. The van der Waals surface area contributed by atoms with E-state index in [1.807, 2.05) is 51.1 Å². The molecule has 0 spiro atoms. The number of carbonyl (C=O) groups excluding carboxylic acids is 2. The van der Waals surface area contributed by atoms with E-state index in [1.165, 1.54) is 4.90 Å². The molecule has 0 bridgehead atoms. The van der Waals surface area contributed by atoms with Gasteiger partial charge in [-0.15, -0.1) is 0 Å². The van der Waals surface area contributed by atoms with Crippen molar-refractivity contribution in [3.63, 3.8) is 0 Å². The summed E-state index contributed by atoms with van der Waals surface area (Å²) >= 11 is 0. The maximum absolute atomic E-state index is 13.7. The number of hydrogen-bond donors (Lipinski definition) is 0. The van der Waals surface area contributed by atoms with Gasteiger partial charge in [0.2, 0.25) is 5.91 Å². The number of carbonyl (C=O) groups is 2. The topological polar surface area (TPSA) is 74.3 Å². The molecular weight excluding hydrogens is 438 g/mol. The summed E-state index contributed by atoms with van der Waals surface area (Å²) in [6.07, 6.45) is -0.984. The summed E-state index contributed by atoms with van der Waals surface area (Å²) in [5.74, 6) is -1.65. The summed E-state index contributed by atoms with van der Waals surface area (Å²) in [6, 6.07) is 9.47. The second-order valence-corrected chi connectivity index (χ2v) is 15.9. The minimum Gasteiger partial charge on any atom is -0.447 e. The third-order valence-corrected chi connectivity index (χ3v) is 11.5. The van der Waals surface area contributed by atoms with Crippen molar-refractivity contribution in [1.29, 1.82) is 0 Å². The zero-order chi connectivity index (χ0) is 24.6. The molecule has 2 amide bonds. The highest BCUT2D eigenvalue weighted by atomic mass is 28.4. The number of cyclic esters (lactones) is 1. The Morgan fingerprint density at radius 3 is 2.39 bits per heavy atom. The summed E-state index contributed by atoms with van der Waals surface area (Å²) in [5, 5.41) is -0.0502. The molecule has 7 nitrogen and oxygen atoms in total. The first kappa shape index (κ1) is 25.9. The van der Waals surface area contributed by atoms with Crippen LogP contribution < -0.4 is 0 Å². The van der Waals surface area contributed by atoms with Crippen molar-refractivity contribution in [2.75, 3.05) is 13.2 Å². The molecule has 1 aromatic rings. The highest BCUT2D eigenvalue weighted by Crippen LogP contribution is 2.40. The number of hydrogen-bond acceptors (Lipinski definition) is 6. The Labute approximate surface area is 198 Å². The Balaban J connectivity index is 1.85. The van der Waals surface area contributed by atoms with E-state index < -0.39 is 38.3 Å². The Kier molecular flexibility index (Phi) is 7.44. The van der Waals surface area contributed by atoms with Crippen LogP contribution in [0.15, 0.2) is 30.3 Å². The van der Waals surface area contributed by atoms with Crippen LogP contribution >= 0.6 is 0 Å². The zero-order valence-corrected chi connectivity index (χ0v) is 22.2. The van der Waals surface area contributed by atoms with E-state index in [2.05, 4.69) is 33.9 Å². The molecule has 2 aliphatic rings. The maximum Gasteiger partial charge on any atom is 0.416 e. The van der Waals surface area contributed by atoms with Crippen LogP contribution in [0.2, 0.25) is 18.1 Å². The zero-order valence-electron chi connectivity index (χ0n) is 21.2. The SMILES string of the molecule is C[C@@H](C(=O)N1C(=O)OC[C@H]1Cc1ccccc1)[C@H](O[Si](C)(C)C(C)(C)C)[C@H]1COC(C)(C)O1. The number of imide groups is 1. The van der Waals surface area contributed by atoms with Crippen molar-refractivity contribution >= 4 is 20.3 Å². The molecule has 2 aliphatic heterocycles. The fourth-order valence-corrected chi connectivity index (χ4v) is 5.41. The number of ether oxygens (including phenoxy) is 3. The van der Waals surface area contributed by atoms with Crippen molar-refractivity contribution in [2.24, 2.45) is 5.92 Å². The van der Waals surface area contributed by atoms with E-state index >= 15 is 0 Å². The van der Waals surface area contributed by atoms with Crippen LogP contribution in [0.4, 0.5) is 4.79 Å². The minimum absolute atomic E-state index is 0.0502. The molecule has 0 aromatic heterocycles. The van der Waals surface area contributed by atoms with E-state index in [1.54, 1.807) is 0 Å². The van der Waals surface area contributed by atoms with E-state index in [9.17, 15) is 9.59 Å². The van der Waals surface area contributed by atoms with E-state index in [4.69, 9.17) is 18.6 Å². The molecule has 0 N–H and O–H groups in total. The Morgan fingerprint density at radius 2 is 1.85 bits per heavy atom. The molecule has 0 aliphatic carbocycles. The standard InChI is InChI=1S/C25H39NO6Si/c1-17(21(20-16-30-25(5,6)31-20)32-33(7,8)24(2,3)4)22(27)26-19(15-29-23(26)28)14-18-12-10-9-11-13-18/h9-13,17,19-21H,14-16H2,1-8H3/t17-,19-,20-,21+/m1/s1. The van der Waals surface area contributed by atoms with Crippen LogP contribution in [-0.2, 0) is 29.9 Å². The molecule has 8 heteroatoms. The number of nitrogens with zero attached hydrogens (tertiary/aromatic N) is 1. The van der Waals surface area contributed by atoms with Crippen molar-refractivity contribution < 1.29 is 28.2 Å². The summed E-state index contributed by atoms with van der Waals surface area (Å²) < 4.78 is 24.0. The molecule has 2 heterocycles. The average molecular weight is 478 g/mol. The molecule has 2 fully saturated rings. The monoisotopic (exact) mass is 477 g/mol. The van der Waals surface area contributed by atoms with Gasteiger partial charge in [0.25, 0.3) is 0 Å². The van der Waals surface area contributed by atoms with Gasteiger partial charge in [-0.1, -0.05) is 58.0 Å². The highest BCUT2D eigenvalue weighted by molar-refractivity contribution is 6.74. The van der Waals surface area contributed by atoms with Gasteiger partial charge in [0.05, 0.1) is 24.7 Å². The Hall–Kier alpha value is -1.74. The van der Waals surface area contributed by atoms with Gasteiger partial charge in [0.1, 0.15) is 12.7 Å². The van der Waals surface area contributed by atoms with Gasteiger partial charge in [-0.2, -0.15) is 0 Å². The van der Waals surface area contributed by atoms with Crippen LogP contribution in [0.5, 0.6) is 0 Å². The highest BCUT2D eigenvalue weighted by Gasteiger charge is 2.50. The number of benzene rings is 1. The molecule has 0 saturated carbocycles. The lowest BCUT2D eigenvalue weighted by molar-refractivity contribution is -0.159. The van der Waals surface area contributed by atoms with Crippen molar-refractivity contribution in [1.82, 2.24) is 4.90 Å². The molecule has 33 heavy (non-hydrogen) atoms. The first-order valence-corrected chi connectivity index (χ1v) is 14.7. The van der Waals surface area contributed by atoms with Crippen molar-refractivity contribution in [2.45, 2.75) is 90.1 Å². The van der Waals surface area contributed by atoms with Crippen LogP contribution in [0, 0.1) is 5.92 Å². The molecule has 2 saturated heterocycles. The number of rotatable bonds is 7. The van der Waals surface area contributed by atoms with Gasteiger partial charge in [0.15, 0.2) is 14.1 Å². The summed E-state index contributed by atoms with van der Waals surface area (Å²) in [5.41, 5.74) is 1.05. The third kappa shape index (κ3) is 5.85. The van der Waals surface area contributed by atoms with Gasteiger partial charge >= 0.3 is 6.09 Å². The Morgan fingerprint density at radius 1 is 1.21 bits per heavy atom. The van der Waals surface area contributed by atoms with E-state index in [0.29, 0.717) is 13.0 Å². The van der Waals surface area contributed by atoms with Crippen LogP contribution in [0.1, 0.15) is 47.1 Å². The maximum atomic E-state index is 13.7. The van der Waals surface area contributed by atoms with E-state index in [-0.39, 0.29) is 23.6 Å². The molecule has 184 valence electrons. The predicted molar refractivity (Wildman–Crippen MR) is 128 cm³/mol. The van der Waals surface area contributed by atoms with Gasteiger partial charge < -0.3 is 18.6 Å². The van der Waals surface area contributed by atoms with Crippen LogP contribution in [0.25, 0.3) is 0 Å². The van der Waals surface area contributed by atoms with Crippen molar-refractivity contribution in [3.8, 4) is 0 Å². The summed E-state index contributed by atoms with van der Waals surface area (Å²) in [4.78, 5) is 27.6. The normalized spacial score (nSPS) is 25.1. The molecule has 4 atom stereocenters. The predicted octanol–water partition coefficient (Wildman–Crippen LogP) is 4.75. The molecular formula is C25H39NO6Si. The summed E-state index contributed by atoms with van der Waals surface area (Å²) in [6.45, 7) is 16.8. The lowest BCUT2D eigenvalue weighted by atomic mass is 9.97. The third-order valence-electron chi connectivity index (χ3n) is 7.03. The first-order valence-electron chi connectivity index (χ1n) is 11.8. The fourth-order valence-electron chi connectivity index (χ4n) is 4.02. The van der Waals surface area contributed by atoms with Gasteiger partial charge in [-0.05, 0) is 44.0 Å². The molecule has 1 aromatic carbocycles. The quantitative estimate of drug-likeness (QED) is 0.528. The second-order valence-electron chi connectivity index (χ2n) is 11.1. The van der Waals surface area contributed by atoms with Crippen LogP contribution in [0.3, 0.4) is 0 Å². The smallest absolute Gasteiger partial charge is 0.416 e. The van der Waals surface area contributed by atoms with Crippen molar-refractivity contribution in [3.05, 3.63) is 35.9 Å². The fraction of sp³-hybridized carbons (Fsp3) is 0.680. The van der Waals surface area contributed by atoms with Gasteiger partial charge in [-0.25, -0.2) is 9.69 Å². The lowest BCUT2D eigenvalue weighted by Gasteiger charge is -2.42. The largest absolute Gasteiger partial charge is 0.447 e. The molecule has 0 radical (unpaired) electrons. The Bertz CT molecular complexity index is 850. The second kappa shape index (κ2) is 9.48. The lowest BCUT2D eigenvalue weighted by Crippen LogP contribution is -2.54. The minimum atomic E-state index is -2.25. The first-order chi connectivity index (χ1) is 15.2. The van der Waals surface area contributed by atoms with Crippen LogP contribution in [-0.4, -0.2) is 62.5 Å². The molecule has 0 unspecified atom stereocenters. The van der Waals surface area contributed by atoms with Gasteiger partial charge in [0, 0.05) is 0 Å². The summed E-state index contributed by atoms with van der Waals surface area (Å²) in [7, 11) is -2.25. The van der Waals surface area contributed by atoms with Gasteiger partial charge in [-0.3, -0.25) is 4.79 Å². The average Bonchev–Trinajstić information content (AvgIpc) is 3.26.